The van der Waals surface area contributed by atoms with E-state index in [1.807, 2.05) is 0 Å². The molecule has 0 fully saturated rings. The van der Waals surface area contributed by atoms with Crippen LogP contribution in [0.2, 0.25) is 0 Å². The molecule has 0 aliphatic rings. The lowest BCUT2D eigenvalue weighted by atomic mass is 10.0. The average Bonchev–Trinajstić information content (AvgIpc) is 2.63. The maximum absolute atomic E-state index is 4.61. The summed E-state index contributed by atoms with van der Waals surface area (Å²) < 4.78 is 3.24. The van der Waals surface area contributed by atoms with Crippen LogP contribution < -0.4 is 5.32 Å². The molecule has 0 spiro atoms. The van der Waals surface area contributed by atoms with E-state index in [-0.39, 0.29) is 5.54 Å². The number of hydrogen-bond donors (Lipinski definition) is 1. The topological polar surface area (TPSA) is 29.9 Å². The smallest absolute Gasteiger partial charge is 0.0767 e. The zero-order chi connectivity index (χ0) is 13.8. The van der Waals surface area contributed by atoms with E-state index in [4.69, 9.17) is 0 Å². The van der Waals surface area contributed by atoms with Gasteiger partial charge in [-0.2, -0.15) is 5.10 Å². The van der Waals surface area contributed by atoms with Gasteiger partial charge in [0.1, 0.15) is 0 Å². The predicted octanol–water partition coefficient (Wildman–Crippen LogP) is 3.88. The number of aryl methyl sites for hydroxylation is 2. The van der Waals surface area contributed by atoms with Gasteiger partial charge in [-0.3, -0.25) is 4.68 Å². The van der Waals surface area contributed by atoms with Gasteiger partial charge in [0.25, 0.3) is 0 Å². The highest BCUT2D eigenvalue weighted by atomic mass is 79.9. The Balaban J connectivity index is 2.80. The van der Waals surface area contributed by atoms with Crippen molar-refractivity contribution in [2.24, 2.45) is 0 Å². The van der Waals surface area contributed by atoms with E-state index in [0.717, 1.165) is 41.4 Å². The summed E-state index contributed by atoms with van der Waals surface area (Å²) in [5.41, 5.74) is 2.53. The average molecular weight is 381 g/mol. The third-order valence-electron chi connectivity index (χ3n) is 3.15. The van der Waals surface area contributed by atoms with Gasteiger partial charge in [-0.1, -0.05) is 22.9 Å². The molecule has 0 saturated carbocycles. The van der Waals surface area contributed by atoms with Gasteiger partial charge < -0.3 is 5.32 Å². The van der Waals surface area contributed by atoms with E-state index >= 15 is 0 Å². The molecule has 1 aromatic rings. The molecule has 1 heterocycles. The largest absolute Gasteiger partial charge is 0.306 e. The second-order valence-corrected chi connectivity index (χ2v) is 6.64. The van der Waals surface area contributed by atoms with Crippen molar-refractivity contribution >= 4 is 31.9 Å². The van der Waals surface area contributed by atoms with Crippen molar-refractivity contribution in [3.8, 4) is 0 Å². The van der Waals surface area contributed by atoms with Gasteiger partial charge in [-0.25, -0.2) is 0 Å². The highest BCUT2D eigenvalue weighted by Gasteiger charge is 2.19. The highest BCUT2D eigenvalue weighted by Crippen LogP contribution is 2.23. The first-order chi connectivity index (χ1) is 8.45. The minimum Gasteiger partial charge on any atom is -0.306 e. The lowest BCUT2D eigenvalue weighted by molar-refractivity contribution is 0.370. The molecule has 0 atom stereocenters. The monoisotopic (exact) mass is 379 g/mol. The first-order valence-corrected chi connectivity index (χ1v) is 8.41. The van der Waals surface area contributed by atoms with Gasteiger partial charge in [-0.15, -0.1) is 0 Å². The summed E-state index contributed by atoms with van der Waals surface area (Å²) in [5, 5.41) is 9.24. The molecule has 0 aliphatic heterocycles. The molecule has 0 bridgehead atoms. The van der Waals surface area contributed by atoms with Crippen LogP contribution in [-0.2, 0) is 19.5 Å². The molecule has 0 amide bonds. The lowest BCUT2D eigenvalue weighted by Crippen LogP contribution is -2.39. The van der Waals surface area contributed by atoms with Crippen molar-refractivity contribution in [2.45, 2.75) is 59.2 Å². The Hall–Kier alpha value is 0.130. The normalized spacial score (nSPS) is 12.1. The minimum atomic E-state index is 0.137. The summed E-state index contributed by atoms with van der Waals surface area (Å²) in [6.07, 6.45) is 2.07. The molecular formula is C13H23Br2N3. The molecule has 0 unspecified atom stereocenters. The molecule has 0 radical (unpaired) electrons. The summed E-state index contributed by atoms with van der Waals surface area (Å²) in [5.74, 6) is 0. The molecule has 104 valence electrons. The molecular weight excluding hydrogens is 358 g/mol. The van der Waals surface area contributed by atoms with Crippen molar-refractivity contribution in [2.75, 3.05) is 5.33 Å². The summed E-state index contributed by atoms with van der Waals surface area (Å²) >= 11 is 7.18. The van der Waals surface area contributed by atoms with Gasteiger partial charge in [-0.05, 0) is 49.5 Å². The SMILES string of the molecule is CCc1nn(CC)c(CNC(C)(C)CCBr)c1Br. The zero-order valence-corrected chi connectivity index (χ0v) is 14.9. The maximum Gasteiger partial charge on any atom is 0.0767 e. The van der Waals surface area contributed by atoms with Crippen LogP contribution in [0.3, 0.4) is 0 Å². The number of nitrogens with one attached hydrogen (secondary N) is 1. The van der Waals surface area contributed by atoms with Crippen LogP contribution in [0.15, 0.2) is 4.47 Å². The molecule has 3 nitrogen and oxygen atoms in total. The number of aromatic nitrogens is 2. The fourth-order valence-electron chi connectivity index (χ4n) is 1.83. The van der Waals surface area contributed by atoms with Gasteiger partial charge in [0.05, 0.1) is 15.9 Å². The Morgan fingerprint density at radius 3 is 2.50 bits per heavy atom. The van der Waals surface area contributed by atoms with E-state index in [1.165, 1.54) is 5.69 Å². The fraction of sp³-hybridized carbons (Fsp3) is 0.769. The van der Waals surface area contributed by atoms with Crippen LogP contribution in [0.4, 0.5) is 0 Å². The van der Waals surface area contributed by atoms with Crippen LogP contribution in [0.25, 0.3) is 0 Å². The predicted molar refractivity (Wildman–Crippen MR) is 84.3 cm³/mol. The molecule has 0 saturated heterocycles. The van der Waals surface area contributed by atoms with Gasteiger partial charge in [0.2, 0.25) is 0 Å². The van der Waals surface area contributed by atoms with Crippen LogP contribution in [0, 0.1) is 0 Å². The quantitative estimate of drug-likeness (QED) is 0.727. The minimum absolute atomic E-state index is 0.137. The summed E-state index contributed by atoms with van der Waals surface area (Å²) in [6.45, 7) is 10.5. The Labute approximate surface area is 127 Å². The van der Waals surface area contributed by atoms with Crippen LogP contribution in [0.5, 0.6) is 0 Å². The molecule has 1 rings (SSSR count). The van der Waals surface area contributed by atoms with Crippen molar-refractivity contribution in [1.82, 2.24) is 15.1 Å². The van der Waals surface area contributed by atoms with E-state index in [2.05, 4.69) is 74.7 Å². The second-order valence-electron chi connectivity index (χ2n) is 5.05. The van der Waals surface area contributed by atoms with Crippen LogP contribution in [-0.4, -0.2) is 20.6 Å². The van der Waals surface area contributed by atoms with Crippen molar-refractivity contribution in [3.63, 3.8) is 0 Å². The van der Waals surface area contributed by atoms with Gasteiger partial charge in [0, 0.05) is 24.0 Å². The number of hydrogen-bond acceptors (Lipinski definition) is 2. The first-order valence-electron chi connectivity index (χ1n) is 6.50. The first kappa shape index (κ1) is 16.2. The van der Waals surface area contributed by atoms with E-state index in [9.17, 15) is 0 Å². The second kappa shape index (κ2) is 7.06. The molecule has 0 aromatic carbocycles. The summed E-state index contributed by atoms with van der Waals surface area (Å²) in [6, 6.07) is 0. The Kier molecular flexibility index (Phi) is 6.35. The van der Waals surface area contributed by atoms with Crippen molar-refractivity contribution < 1.29 is 0 Å². The maximum atomic E-state index is 4.61. The lowest BCUT2D eigenvalue weighted by Gasteiger charge is -2.25. The van der Waals surface area contributed by atoms with Crippen LogP contribution >= 0.6 is 31.9 Å². The van der Waals surface area contributed by atoms with E-state index in [0.29, 0.717) is 0 Å². The van der Waals surface area contributed by atoms with Gasteiger partial charge >= 0.3 is 0 Å². The standard InChI is InChI=1S/C13H23Br2N3/c1-5-10-12(15)11(18(6-2)17-10)9-16-13(3,4)7-8-14/h16H,5-9H2,1-4H3. The molecule has 18 heavy (non-hydrogen) atoms. The van der Waals surface area contributed by atoms with E-state index < -0.39 is 0 Å². The number of rotatable bonds is 7. The number of halogens is 2. The molecule has 1 N–H and O–H groups in total. The third kappa shape index (κ3) is 4.07. The number of nitrogens with zero attached hydrogens (tertiary/aromatic N) is 2. The van der Waals surface area contributed by atoms with Gasteiger partial charge in [0.15, 0.2) is 0 Å². The highest BCUT2D eigenvalue weighted by molar-refractivity contribution is 9.10. The third-order valence-corrected chi connectivity index (χ3v) is 4.46. The zero-order valence-electron chi connectivity index (χ0n) is 11.7. The Morgan fingerprint density at radius 1 is 1.33 bits per heavy atom. The summed E-state index contributed by atoms with van der Waals surface area (Å²) in [4.78, 5) is 0. The molecule has 5 heteroatoms. The van der Waals surface area contributed by atoms with Crippen molar-refractivity contribution in [3.05, 3.63) is 15.9 Å². The van der Waals surface area contributed by atoms with Crippen molar-refractivity contribution in [1.29, 1.82) is 0 Å². The van der Waals surface area contributed by atoms with Crippen LogP contribution in [0.1, 0.15) is 45.5 Å². The molecule has 1 aromatic heterocycles. The fourth-order valence-corrected chi connectivity index (χ4v) is 3.53. The number of alkyl halides is 1. The van der Waals surface area contributed by atoms with E-state index in [1.54, 1.807) is 0 Å². The Bertz CT molecular complexity index is 386. The summed E-state index contributed by atoms with van der Waals surface area (Å²) in [7, 11) is 0. The molecule has 0 aliphatic carbocycles. The Morgan fingerprint density at radius 2 is 2.00 bits per heavy atom.